The standard InChI is InChI=1S/C38H72O12S/c1-3-5-7-9-11-13-15-17-19-21-23-25-27-34(40)48-32(30-46-28-26-24-22-20-18-16-14-12-10-8-6-4-2)31-47-38-36(42)37(50-51(43,44)45)35(41)33(29-39)49-38/h10,12,32-33,35-39,41-42H,3-9,11,13-31H2,1-2H3,(H,43,44,45)/b12-10-. The van der Waals surface area contributed by atoms with Gasteiger partial charge in [0.25, 0.3) is 0 Å². The van der Waals surface area contributed by atoms with Crippen LogP contribution in [0.15, 0.2) is 12.2 Å². The van der Waals surface area contributed by atoms with Crippen LogP contribution in [-0.4, -0.2) is 97.5 Å². The van der Waals surface area contributed by atoms with E-state index in [0.29, 0.717) is 13.0 Å². The van der Waals surface area contributed by atoms with Crippen LogP contribution in [0.5, 0.6) is 0 Å². The Kier molecular flexibility index (Phi) is 29.3. The second-order valence-corrected chi connectivity index (χ2v) is 14.9. The second kappa shape index (κ2) is 31.2. The summed E-state index contributed by atoms with van der Waals surface area (Å²) in [7, 11) is -5.05. The number of aliphatic hydroxyl groups is 3. The third-order valence-electron chi connectivity index (χ3n) is 9.14. The number of allylic oxidation sites excluding steroid dienone is 2. The predicted octanol–water partition coefficient (Wildman–Crippen LogP) is 7.13. The Bertz CT molecular complexity index is 963. The summed E-state index contributed by atoms with van der Waals surface area (Å²) in [6, 6.07) is 0. The maximum absolute atomic E-state index is 12.8. The van der Waals surface area contributed by atoms with Gasteiger partial charge in [0.1, 0.15) is 30.5 Å². The third-order valence-corrected chi connectivity index (χ3v) is 9.60. The Hall–Kier alpha value is -1.16. The molecular formula is C38H72O12S. The zero-order chi connectivity index (χ0) is 37.6. The molecule has 1 aliphatic heterocycles. The van der Waals surface area contributed by atoms with E-state index in [0.717, 1.165) is 44.9 Å². The van der Waals surface area contributed by atoms with Crippen LogP contribution in [0.1, 0.15) is 162 Å². The molecule has 0 radical (unpaired) electrons. The lowest BCUT2D eigenvalue weighted by atomic mass is 9.99. The quantitative estimate of drug-likeness (QED) is 0.0227. The number of hydrogen-bond donors (Lipinski definition) is 4. The Balaban J connectivity index is 2.50. The first-order valence-corrected chi connectivity index (χ1v) is 21.3. The molecule has 1 rings (SSSR count). The van der Waals surface area contributed by atoms with Gasteiger partial charge in [-0.05, 0) is 32.1 Å². The molecule has 1 saturated heterocycles. The largest absolute Gasteiger partial charge is 0.457 e. The topological polar surface area (TPSA) is 178 Å². The highest BCUT2D eigenvalue weighted by molar-refractivity contribution is 7.80. The lowest BCUT2D eigenvalue weighted by molar-refractivity contribution is -0.301. The van der Waals surface area contributed by atoms with Gasteiger partial charge in [-0.1, -0.05) is 135 Å². The first-order valence-electron chi connectivity index (χ1n) is 19.9. The number of carbonyl (C=O) groups is 1. The Morgan fingerprint density at radius 1 is 0.725 bits per heavy atom. The van der Waals surface area contributed by atoms with Crippen LogP contribution in [0.3, 0.4) is 0 Å². The molecule has 0 aromatic carbocycles. The lowest BCUT2D eigenvalue weighted by Crippen LogP contribution is -2.60. The number of hydrogen-bond acceptors (Lipinski definition) is 11. The number of ether oxygens (including phenoxy) is 4. The monoisotopic (exact) mass is 752 g/mol. The molecule has 0 spiro atoms. The number of unbranched alkanes of at least 4 members (excludes halogenated alkanes) is 19. The molecule has 0 amide bonds. The number of esters is 1. The van der Waals surface area contributed by atoms with E-state index in [-0.39, 0.29) is 19.6 Å². The van der Waals surface area contributed by atoms with Gasteiger partial charge in [-0.3, -0.25) is 9.35 Å². The average Bonchev–Trinajstić information content (AvgIpc) is 3.09. The summed E-state index contributed by atoms with van der Waals surface area (Å²) < 4.78 is 58.8. The summed E-state index contributed by atoms with van der Waals surface area (Å²) in [4.78, 5) is 12.8. The smallest absolute Gasteiger partial charge is 0.397 e. The maximum Gasteiger partial charge on any atom is 0.397 e. The lowest BCUT2D eigenvalue weighted by Gasteiger charge is -2.41. The summed E-state index contributed by atoms with van der Waals surface area (Å²) in [5, 5.41) is 30.5. The second-order valence-electron chi connectivity index (χ2n) is 13.9. The van der Waals surface area contributed by atoms with Crippen molar-refractivity contribution in [1.82, 2.24) is 0 Å². The average molecular weight is 753 g/mol. The van der Waals surface area contributed by atoms with E-state index in [1.165, 1.54) is 89.9 Å². The fourth-order valence-electron chi connectivity index (χ4n) is 6.06. The van der Waals surface area contributed by atoms with Crippen molar-refractivity contribution in [2.45, 2.75) is 198 Å². The molecule has 1 aliphatic rings. The van der Waals surface area contributed by atoms with Crippen molar-refractivity contribution in [1.29, 1.82) is 0 Å². The molecule has 6 unspecified atom stereocenters. The third kappa shape index (κ3) is 25.5. The Morgan fingerprint density at radius 3 is 1.82 bits per heavy atom. The van der Waals surface area contributed by atoms with Crippen LogP contribution in [0.2, 0.25) is 0 Å². The van der Waals surface area contributed by atoms with Gasteiger partial charge < -0.3 is 34.3 Å². The van der Waals surface area contributed by atoms with Crippen LogP contribution in [0, 0.1) is 0 Å². The number of aliphatic hydroxyl groups excluding tert-OH is 3. The molecule has 51 heavy (non-hydrogen) atoms. The number of rotatable bonds is 34. The van der Waals surface area contributed by atoms with Crippen molar-refractivity contribution >= 4 is 16.4 Å². The minimum absolute atomic E-state index is 0.0361. The minimum atomic E-state index is -5.05. The Labute approximate surface area is 308 Å². The van der Waals surface area contributed by atoms with Crippen molar-refractivity contribution in [2.75, 3.05) is 26.4 Å². The van der Waals surface area contributed by atoms with E-state index >= 15 is 0 Å². The van der Waals surface area contributed by atoms with Crippen molar-refractivity contribution in [3.05, 3.63) is 12.2 Å². The molecule has 0 saturated carbocycles. The van der Waals surface area contributed by atoms with Crippen LogP contribution in [-0.2, 0) is 38.3 Å². The number of carbonyl (C=O) groups excluding carboxylic acids is 1. The minimum Gasteiger partial charge on any atom is -0.457 e. The van der Waals surface area contributed by atoms with Crippen molar-refractivity contribution in [3.63, 3.8) is 0 Å². The molecular weight excluding hydrogens is 680 g/mol. The maximum atomic E-state index is 12.8. The zero-order valence-electron chi connectivity index (χ0n) is 31.7. The molecule has 0 bridgehead atoms. The SMILES string of the molecule is CCCC/C=C\CCCCCCCCOCC(COC1OC(CO)C(O)C(OS(=O)(=O)O)C1O)OC(=O)CCCCCCCCCCCCCC. The van der Waals surface area contributed by atoms with Crippen LogP contribution >= 0.6 is 0 Å². The fraction of sp³-hybridized carbons (Fsp3) is 0.921. The summed E-state index contributed by atoms with van der Waals surface area (Å²) in [6.07, 6.45) is 21.1. The van der Waals surface area contributed by atoms with Crippen LogP contribution in [0.25, 0.3) is 0 Å². The Morgan fingerprint density at radius 2 is 1.25 bits per heavy atom. The predicted molar refractivity (Wildman–Crippen MR) is 198 cm³/mol. The summed E-state index contributed by atoms with van der Waals surface area (Å²) in [5.74, 6) is -0.402. The van der Waals surface area contributed by atoms with Gasteiger partial charge in [0, 0.05) is 13.0 Å². The molecule has 13 heteroatoms. The van der Waals surface area contributed by atoms with Gasteiger partial charge in [-0.25, -0.2) is 4.18 Å². The molecule has 6 atom stereocenters. The molecule has 1 heterocycles. The van der Waals surface area contributed by atoms with Gasteiger partial charge in [0.05, 0.1) is 19.8 Å². The van der Waals surface area contributed by atoms with Crippen LogP contribution in [0.4, 0.5) is 0 Å². The van der Waals surface area contributed by atoms with Crippen molar-refractivity contribution in [3.8, 4) is 0 Å². The summed E-state index contributed by atoms with van der Waals surface area (Å²) in [5.41, 5.74) is 0. The molecule has 1 fully saturated rings. The summed E-state index contributed by atoms with van der Waals surface area (Å²) >= 11 is 0. The van der Waals surface area contributed by atoms with E-state index in [2.05, 4.69) is 30.2 Å². The van der Waals surface area contributed by atoms with Gasteiger partial charge in [-0.15, -0.1) is 0 Å². The molecule has 12 nitrogen and oxygen atoms in total. The highest BCUT2D eigenvalue weighted by Crippen LogP contribution is 2.26. The first kappa shape index (κ1) is 47.9. The first-order chi connectivity index (χ1) is 24.6. The van der Waals surface area contributed by atoms with Gasteiger partial charge >= 0.3 is 16.4 Å². The van der Waals surface area contributed by atoms with E-state index < -0.39 is 59.8 Å². The van der Waals surface area contributed by atoms with Crippen molar-refractivity contribution < 1.29 is 56.2 Å². The molecule has 302 valence electrons. The highest BCUT2D eigenvalue weighted by atomic mass is 32.3. The van der Waals surface area contributed by atoms with E-state index in [1.54, 1.807) is 0 Å². The fourth-order valence-corrected chi connectivity index (χ4v) is 6.57. The van der Waals surface area contributed by atoms with E-state index in [1.807, 2.05) is 0 Å². The van der Waals surface area contributed by atoms with Gasteiger partial charge in [0.2, 0.25) is 0 Å². The van der Waals surface area contributed by atoms with Gasteiger partial charge in [-0.2, -0.15) is 8.42 Å². The molecule has 4 N–H and O–H groups in total. The zero-order valence-corrected chi connectivity index (χ0v) is 32.5. The van der Waals surface area contributed by atoms with Gasteiger partial charge in [0.15, 0.2) is 6.29 Å². The van der Waals surface area contributed by atoms with Crippen LogP contribution < -0.4 is 0 Å². The molecule has 0 aromatic heterocycles. The summed E-state index contributed by atoms with van der Waals surface area (Å²) in [6.45, 7) is 3.93. The normalized spacial score (nSPS) is 21.7. The van der Waals surface area contributed by atoms with E-state index in [9.17, 15) is 28.5 Å². The molecule has 0 aromatic rings. The van der Waals surface area contributed by atoms with E-state index in [4.69, 9.17) is 23.5 Å². The highest BCUT2D eigenvalue weighted by Gasteiger charge is 2.48. The molecule has 0 aliphatic carbocycles. The van der Waals surface area contributed by atoms with Crippen molar-refractivity contribution in [2.24, 2.45) is 0 Å².